The summed E-state index contributed by atoms with van der Waals surface area (Å²) in [5.41, 5.74) is 0. The third-order valence-electron chi connectivity index (χ3n) is 2.05. The lowest BCUT2D eigenvalue weighted by molar-refractivity contribution is -0.146. The van der Waals surface area contributed by atoms with Gasteiger partial charge in [0.15, 0.2) is 0 Å². The normalized spacial score (nSPS) is 29.3. The van der Waals surface area contributed by atoms with Crippen LogP contribution in [-0.4, -0.2) is 23.1 Å². The summed E-state index contributed by atoms with van der Waals surface area (Å²) in [7, 11) is 0. The fourth-order valence-electron chi connectivity index (χ4n) is 1.55. The number of carbonyl (C=O) groups excluding carboxylic acids is 1. The predicted molar refractivity (Wildman–Crippen MR) is 51.3 cm³/mol. The number of thioether (sulfide) groups is 1. The second-order valence-electron chi connectivity index (χ2n) is 3.52. The van der Waals surface area contributed by atoms with Crippen LogP contribution >= 0.6 is 11.8 Å². The Kier molecular flexibility index (Phi) is 3.44. The molecule has 0 spiro atoms. The van der Waals surface area contributed by atoms with Crippen LogP contribution in [0.5, 0.6) is 0 Å². The van der Waals surface area contributed by atoms with E-state index in [0.717, 1.165) is 12.2 Å². The molecule has 3 heteroatoms. The molecule has 0 aromatic rings. The zero-order valence-electron chi connectivity index (χ0n) is 7.87. The molecule has 0 bridgehead atoms. The Balaban J connectivity index is 2.46. The van der Waals surface area contributed by atoms with E-state index >= 15 is 0 Å². The summed E-state index contributed by atoms with van der Waals surface area (Å²) in [4.78, 5) is 10.7. The first-order valence-corrected chi connectivity index (χ1v) is 5.45. The Bertz CT molecular complexity index is 168. The van der Waals surface area contributed by atoms with Crippen LogP contribution < -0.4 is 0 Å². The van der Waals surface area contributed by atoms with Gasteiger partial charge in [0.25, 0.3) is 0 Å². The van der Waals surface area contributed by atoms with E-state index in [9.17, 15) is 4.79 Å². The van der Waals surface area contributed by atoms with Gasteiger partial charge in [-0.2, -0.15) is 11.8 Å². The van der Waals surface area contributed by atoms with Crippen molar-refractivity contribution in [1.82, 2.24) is 0 Å². The average molecular weight is 188 g/mol. The maximum absolute atomic E-state index is 10.7. The van der Waals surface area contributed by atoms with E-state index in [0.29, 0.717) is 11.2 Å². The minimum Gasteiger partial charge on any atom is -0.461 e. The lowest BCUT2D eigenvalue weighted by Gasteiger charge is -2.21. The predicted octanol–water partition coefficient (Wildman–Crippen LogP) is 2.08. The molecular formula is C9H16O2S. The molecule has 0 radical (unpaired) electrons. The first-order valence-electron chi connectivity index (χ1n) is 4.40. The fourth-order valence-corrected chi connectivity index (χ4v) is 2.98. The number of hydrogen-bond donors (Lipinski definition) is 0. The highest BCUT2D eigenvalue weighted by atomic mass is 32.2. The van der Waals surface area contributed by atoms with E-state index in [1.807, 2.05) is 11.8 Å². The minimum absolute atomic E-state index is 0.145. The smallest absolute Gasteiger partial charge is 0.302 e. The quantitative estimate of drug-likeness (QED) is 0.621. The summed E-state index contributed by atoms with van der Waals surface area (Å²) >= 11 is 1.92. The Morgan fingerprint density at radius 3 is 2.75 bits per heavy atom. The van der Waals surface area contributed by atoms with Crippen LogP contribution in [0.4, 0.5) is 0 Å². The summed E-state index contributed by atoms with van der Waals surface area (Å²) in [6.45, 7) is 5.85. The molecule has 1 saturated heterocycles. The van der Waals surface area contributed by atoms with Crippen LogP contribution in [0.3, 0.4) is 0 Å². The van der Waals surface area contributed by atoms with Gasteiger partial charge in [0, 0.05) is 12.2 Å². The van der Waals surface area contributed by atoms with Gasteiger partial charge < -0.3 is 4.74 Å². The van der Waals surface area contributed by atoms with Gasteiger partial charge in [-0.05, 0) is 18.1 Å². The molecule has 0 amide bonds. The third kappa shape index (κ3) is 2.41. The zero-order chi connectivity index (χ0) is 9.14. The summed E-state index contributed by atoms with van der Waals surface area (Å²) in [5, 5.41) is 0.508. The molecule has 0 aliphatic carbocycles. The van der Waals surface area contributed by atoms with E-state index in [2.05, 4.69) is 13.8 Å². The molecule has 2 nitrogen and oxygen atoms in total. The van der Waals surface area contributed by atoms with Crippen molar-refractivity contribution in [1.29, 1.82) is 0 Å². The molecule has 1 aliphatic rings. The molecule has 1 rings (SSSR count). The molecule has 0 saturated carbocycles. The summed E-state index contributed by atoms with van der Waals surface area (Å²) in [6, 6.07) is 0. The topological polar surface area (TPSA) is 26.3 Å². The van der Waals surface area contributed by atoms with E-state index in [-0.39, 0.29) is 12.1 Å². The van der Waals surface area contributed by atoms with E-state index < -0.39 is 0 Å². The molecule has 70 valence electrons. The molecule has 2 atom stereocenters. The second kappa shape index (κ2) is 4.17. The highest BCUT2D eigenvalue weighted by molar-refractivity contribution is 8.00. The lowest BCUT2D eigenvalue weighted by atomic mass is 10.0. The lowest BCUT2D eigenvalue weighted by Crippen LogP contribution is -2.27. The summed E-state index contributed by atoms with van der Waals surface area (Å²) in [6.07, 6.45) is 1.18. The van der Waals surface area contributed by atoms with Gasteiger partial charge in [-0.15, -0.1) is 0 Å². The second-order valence-corrected chi connectivity index (χ2v) is 4.80. The number of esters is 1. The largest absolute Gasteiger partial charge is 0.461 e. The van der Waals surface area contributed by atoms with Crippen molar-refractivity contribution >= 4 is 17.7 Å². The SMILES string of the molecule is CC(=O)O[C@@H]1CCS[C@@H]1C(C)C. The summed E-state index contributed by atoms with van der Waals surface area (Å²) < 4.78 is 5.23. The number of carbonyl (C=O) groups is 1. The van der Waals surface area contributed by atoms with Gasteiger partial charge in [0.05, 0.1) is 0 Å². The van der Waals surface area contributed by atoms with Gasteiger partial charge >= 0.3 is 5.97 Å². The highest BCUT2D eigenvalue weighted by Crippen LogP contribution is 2.34. The molecule has 1 aliphatic heterocycles. The monoisotopic (exact) mass is 188 g/mol. The first kappa shape index (κ1) is 9.90. The minimum atomic E-state index is -0.145. The maximum atomic E-state index is 10.7. The van der Waals surface area contributed by atoms with Gasteiger partial charge in [-0.1, -0.05) is 13.8 Å². The van der Waals surface area contributed by atoms with Gasteiger partial charge in [0.1, 0.15) is 6.10 Å². The van der Waals surface area contributed by atoms with Crippen molar-refractivity contribution in [2.45, 2.75) is 38.5 Å². The molecule has 1 heterocycles. The Morgan fingerprint density at radius 1 is 1.58 bits per heavy atom. The van der Waals surface area contributed by atoms with Crippen molar-refractivity contribution in [2.75, 3.05) is 5.75 Å². The average Bonchev–Trinajstić information content (AvgIpc) is 2.33. The molecule has 12 heavy (non-hydrogen) atoms. The maximum Gasteiger partial charge on any atom is 0.302 e. The van der Waals surface area contributed by atoms with E-state index in [4.69, 9.17) is 4.74 Å². The van der Waals surface area contributed by atoms with Crippen LogP contribution in [-0.2, 0) is 9.53 Å². The van der Waals surface area contributed by atoms with Crippen LogP contribution in [0, 0.1) is 5.92 Å². The van der Waals surface area contributed by atoms with E-state index in [1.165, 1.54) is 6.92 Å². The number of hydrogen-bond acceptors (Lipinski definition) is 3. The molecule has 1 fully saturated rings. The van der Waals surface area contributed by atoms with Gasteiger partial charge in [-0.3, -0.25) is 4.79 Å². The highest BCUT2D eigenvalue weighted by Gasteiger charge is 2.32. The van der Waals surface area contributed by atoms with Gasteiger partial charge in [-0.25, -0.2) is 0 Å². The standard InChI is InChI=1S/C9H16O2S/c1-6(2)9-8(4-5-12-9)11-7(3)10/h6,8-9H,4-5H2,1-3H3/t8-,9-/m1/s1. The Labute approximate surface area is 78.1 Å². The van der Waals surface area contributed by atoms with Crippen LogP contribution in [0.15, 0.2) is 0 Å². The van der Waals surface area contributed by atoms with Crippen molar-refractivity contribution in [3.63, 3.8) is 0 Å². The van der Waals surface area contributed by atoms with Crippen molar-refractivity contribution in [3.8, 4) is 0 Å². The molecular weight excluding hydrogens is 172 g/mol. The van der Waals surface area contributed by atoms with Crippen LogP contribution in [0.1, 0.15) is 27.2 Å². The molecule has 0 aromatic carbocycles. The van der Waals surface area contributed by atoms with Crippen molar-refractivity contribution in [3.05, 3.63) is 0 Å². The van der Waals surface area contributed by atoms with Crippen molar-refractivity contribution in [2.24, 2.45) is 5.92 Å². The van der Waals surface area contributed by atoms with Crippen molar-refractivity contribution < 1.29 is 9.53 Å². The Hall–Kier alpha value is -0.180. The first-order chi connectivity index (χ1) is 5.61. The summed E-state index contributed by atoms with van der Waals surface area (Å²) in [5.74, 6) is 1.58. The van der Waals surface area contributed by atoms with Gasteiger partial charge in [0.2, 0.25) is 0 Å². The van der Waals surface area contributed by atoms with Crippen LogP contribution in [0.25, 0.3) is 0 Å². The Morgan fingerprint density at radius 2 is 2.25 bits per heavy atom. The number of ether oxygens (including phenoxy) is 1. The number of rotatable bonds is 2. The third-order valence-corrected chi connectivity index (χ3v) is 3.76. The van der Waals surface area contributed by atoms with E-state index in [1.54, 1.807) is 0 Å². The molecule has 0 N–H and O–H groups in total. The molecule has 0 unspecified atom stereocenters. The zero-order valence-corrected chi connectivity index (χ0v) is 8.69. The molecule has 0 aromatic heterocycles. The van der Waals surface area contributed by atoms with Crippen LogP contribution in [0.2, 0.25) is 0 Å². The fraction of sp³-hybridized carbons (Fsp3) is 0.889.